The second-order valence-corrected chi connectivity index (χ2v) is 6.87. The van der Waals surface area contributed by atoms with Gasteiger partial charge in [-0.2, -0.15) is 0 Å². The molecule has 1 heterocycles. The van der Waals surface area contributed by atoms with E-state index in [1.165, 1.54) is 28.9 Å². The quantitative estimate of drug-likeness (QED) is 0.620. The van der Waals surface area contributed by atoms with Gasteiger partial charge in [-0.1, -0.05) is 30.3 Å². The van der Waals surface area contributed by atoms with Gasteiger partial charge >= 0.3 is 5.97 Å². The standard InChI is InChI=1S/C20H18O2S/c1-23-17-9-7-14(8-10-17)19-18(12-22-20(19)21)16-6-5-13-3-2-4-15(13)11-16/h5-11H,2-4,12H2,1H3. The number of aryl methyl sites for hydroxylation is 2. The molecule has 23 heavy (non-hydrogen) atoms. The zero-order chi connectivity index (χ0) is 15.8. The van der Waals surface area contributed by atoms with Crippen molar-refractivity contribution in [3.8, 4) is 0 Å². The third-order valence-corrected chi connectivity index (χ3v) is 5.42. The molecule has 0 bridgehead atoms. The van der Waals surface area contributed by atoms with Crippen molar-refractivity contribution in [2.24, 2.45) is 0 Å². The molecule has 0 saturated carbocycles. The SMILES string of the molecule is CSc1ccc(C2=C(c3ccc4c(c3)CCC4)COC2=O)cc1. The van der Waals surface area contributed by atoms with E-state index in [1.54, 1.807) is 11.8 Å². The van der Waals surface area contributed by atoms with E-state index in [4.69, 9.17) is 4.74 Å². The van der Waals surface area contributed by atoms with Gasteiger partial charge in [-0.3, -0.25) is 0 Å². The molecule has 1 aliphatic heterocycles. The van der Waals surface area contributed by atoms with Gasteiger partial charge in [-0.15, -0.1) is 11.8 Å². The van der Waals surface area contributed by atoms with E-state index in [0.29, 0.717) is 6.61 Å². The highest BCUT2D eigenvalue weighted by Gasteiger charge is 2.27. The molecule has 0 unspecified atom stereocenters. The number of ether oxygens (including phenoxy) is 1. The van der Waals surface area contributed by atoms with Gasteiger partial charge in [-0.05, 0) is 59.9 Å². The van der Waals surface area contributed by atoms with Gasteiger partial charge in [0, 0.05) is 10.5 Å². The molecular formula is C20H18O2S. The number of thioether (sulfide) groups is 1. The highest BCUT2D eigenvalue weighted by molar-refractivity contribution is 7.98. The fourth-order valence-corrected chi connectivity index (χ4v) is 3.85. The minimum atomic E-state index is -0.211. The molecule has 0 saturated heterocycles. The largest absolute Gasteiger partial charge is 0.457 e. The minimum Gasteiger partial charge on any atom is -0.457 e. The summed E-state index contributed by atoms with van der Waals surface area (Å²) in [5.74, 6) is -0.211. The Morgan fingerprint density at radius 2 is 1.70 bits per heavy atom. The molecule has 0 aromatic heterocycles. The Morgan fingerprint density at radius 1 is 0.957 bits per heavy atom. The molecule has 4 rings (SSSR count). The van der Waals surface area contributed by atoms with Crippen molar-refractivity contribution < 1.29 is 9.53 Å². The first-order valence-corrected chi connectivity index (χ1v) is 9.15. The average Bonchev–Trinajstić information content (AvgIpc) is 3.20. The van der Waals surface area contributed by atoms with Crippen LogP contribution in [0.2, 0.25) is 0 Å². The number of carbonyl (C=O) groups is 1. The monoisotopic (exact) mass is 322 g/mol. The Hall–Kier alpha value is -2.00. The lowest BCUT2D eigenvalue weighted by molar-refractivity contribution is -0.133. The summed E-state index contributed by atoms with van der Waals surface area (Å²) >= 11 is 1.70. The van der Waals surface area contributed by atoms with E-state index < -0.39 is 0 Å². The van der Waals surface area contributed by atoms with E-state index in [0.717, 1.165) is 28.7 Å². The lowest BCUT2D eigenvalue weighted by atomic mass is 9.94. The predicted octanol–water partition coefficient (Wildman–Crippen LogP) is 4.36. The molecule has 0 amide bonds. The Balaban J connectivity index is 1.80. The fourth-order valence-electron chi connectivity index (χ4n) is 3.44. The number of hydrogen-bond donors (Lipinski definition) is 0. The van der Waals surface area contributed by atoms with E-state index in [1.807, 2.05) is 18.4 Å². The Morgan fingerprint density at radius 3 is 2.48 bits per heavy atom. The second kappa shape index (κ2) is 5.89. The lowest BCUT2D eigenvalue weighted by Crippen LogP contribution is -1.98. The van der Waals surface area contributed by atoms with Gasteiger partial charge in [0.25, 0.3) is 0 Å². The third kappa shape index (κ3) is 2.59. The van der Waals surface area contributed by atoms with Crippen LogP contribution in [0.25, 0.3) is 11.1 Å². The van der Waals surface area contributed by atoms with Crippen LogP contribution < -0.4 is 0 Å². The zero-order valence-corrected chi connectivity index (χ0v) is 13.9. The molecule has 2 aromatic rings. The van der Waals surface area contributed by atoms with Crippen LogP contribution in [0, 0.1) is 0 Å². The number of rotatable bonds is 3. The van der Waals surface area contributed by atoms with Crippen molar-refractivity contribution in [1.82, 2.24) is 0 Å². The normalized spacial score (nSPS) is 16.7. The highest BCUT2D eigenvalue weighted by atomic mass is 32.2. The first kappa shape index (κ1) is 14.6. The van der Waals surface area contributed by atoms with E-state index in [2.05, 4.69) is 30.3 Å². The third-order valence-electron chi connectivity index (χ3n) is 4.68. The van der Waals surface area contributed by atoms with Crippen LogP contribution >= 0.6 is 11.8 Å². The van der Waals surface area contributed by atoms with Gasteiger partial charge in [0.2, 0.25) is 0 Å². The molecule has 116 valence electrons. The number of carbonyl (C=O) groups excluding carboxylic acids is 1. The average molecular weight is 322 g/mol. The fraction of sp³-hybridized carbons (Fsp3) is 0.250. The second-order valence-electron chi connectivity index (χ2n) is 6.00. The number of esters is 1. The lowest BCUT2D eigenvalue weighted by Gasteiger charge is -2.08. The van der Waals surface area contributed by atoms with Gasteiger partial charge in [0.1, 0.15) is 6.61 Å². The molecule has 0 N–H and O–H groups in total. The van der Waals surface area contributed by atoms with Crippen LogP contribution in [0.4, 0.5) is 0 Å². The summed E-state index contributed by atoms with van der Waals surface area (Å²) < 4.78 is 5.34. The molecule has 2 nitrogen and oxygen atoms in total. The number of benzene rings is 2. The summed E-state index contributed by atoms with van der Waals surface area (Å²) in [5, 5.41) is 0. The van der Waals surface area contributed by atoms with Crippen molar-refractivity contribution in [3.63, 3.8) is 0 Å². The first-order chi connectivity index (χ1) is 11.3. The van der Waals surface area contributed by atoms with E-state index in [-0.39, 0.29) is 5.97 Å². The zero-order valence-electron chi connectivity index (χ0n) is 13.1. The molecule has 1 aliphatic carbocycles. The van der Waals surface area contributed by atoms with Crippen LogP contribution in [0.1, 0.15) is 28.7 Å². The molecule has 0 spiro atoms. The Kier molecular flexibility index (Phi) is 3.74. The number of hydrogen-bond acceptors (Lipinski definition) is 3. The minimum absolute atomic E-state index is 0.211. The van der Waals surface area contributed by atoms with Crippen molar-refractivity contribution in [3.05, 3.63) is 64.7 Å². The summed E-state index contributed by atoms with van der Waals surface area (Å²) in [4.78, 5) is 13.5. The van der Waals surface area contributed by atoms with Crippen molar-refractivity contribution in [1.29, 1.82) is 0 Å². The summed E-state index contributed by atoms with van der Waals surface area (Å²) in [5.41, 5.74) is 6.68. The van der Waals surface area contributed by atoms with Gasteiger partial charge in [-0.25, -0.2) is 4.79 Å². The van der Waals surface area contributed by atoms with Gasteiger partial charge in [0.05, 0.1) is 5.57 Å². The highest BCUT2D eigenvalue weighted by Crippen LogP contribution is 2.35. The first-order valence-electron chi connectivity index (χ1n) is 7.93. The molecule has 2 aliphatic rings. The topological polar surface area (TPSA) is 26.3 Å². The number of cyclic esters (lactones) is 1. The van der Waals surface area contributed by atoms with Crippen molar-refractivity contribution in [2.75, 3.05) is 12.9 Å². The number of fused-ring (bicyclic) bond motifs is 1. The van der Waals surface area contributed by atoms with Gasteiger partial charge < -0.3 is 4.74 Å². The van der Waals surface area contributed by atoms with Crippen molar-refractivity contribution in [2.45, 2.75) is 24.2 Å². The van der Waals surface area contributed by atoms with Crippen LogP contribution in [-0.2, 0) is 22.4 Å². The molecule has 0 fully saturated rings. The molecule has 2 aromatic carbocycles. The van der Waals surface area contributed by atoms with Crippen LogP contribution in [0.3, 0.4) is 0 Å². The Labute approximate surface area is 140 Å². The van der Waals surface area contributed by atoms with Crippen LogP contribution in [0.15, 0.2) is 47.4 Å². The maximum atomic E-state index is 12.3. The molecular weight excluding hydrogens is 304 g/mol. The predicted molar refractivity (Wildman–Crippen MR) is 94.5 cm³/mol. The molecule has 0 radical (unpaired) electrons. The van der Waals surface area contributed by atoms with Crippen LogP contribution in [-0.4, -0.2) is 18.8 Å². The smallest absolute Gasteiger partial charge is 0.339 e. The summed E-state index contributed by atoms with van der Waals surface area (Å²) in [6.45, 7) is 0.372. The van der Waals surface area contributed by atoms with E-state index >= 15 is 0 Å². The maximum Gasteiger partial charge on any atom is 0.339 e. The van der Waals surface area contributed by atoms with Crippen molar-refractivity contribution >= 4 is 28.9 Å². The molecule has 0 atom stereocenters. The summed E-state index contributed by atoms with van der Waals surface area (Å²) in [6, 6.07) is 14.7. The molecule has 3 heteroatoms. The van der Waals surface area contributed by atoms with Gasteiger partial charge in [0.15, 0.2) is 0 Å². The maximum absolute atomic E-state index is 12.3. The van der Waals surface area contributed by atoms with E-state index in [9.17, 15) is 4.79 Å². The Bertz CT molecular complexity index is 803. The summed E-state index contributed by atoms with van der Waals surface area (Å²) in [6.07, 6.45) is 5.60. The van der Waals surface area contributed by atoms with Crippen LogP contribution in [0.5, 0.6) is 0 Å². The summed E-state index contributed by atoms with van der Waals surface area (Å²) in [7, 11) is 0.